The third-order valence-corrected chi connectivity index (χ3v) is 18.1. The van der Waals surface area contributed by atoms with Gasteiger partial charge in [-0.3, -0.25) is 19.2 Å². The third-order valence-electron chi connectivity index (χ3n) is 18.1. The van der Waals surface area contributed by atoms with E-state index in [0.29, 0.717) is 0 Å². The van der Waals surface area contributed by atoms with Crippen LogP contribution in [0, 0.1) is 0 Å². The molecule has 7 aliphatic heterocycles. The molecule has 37 atom stereocenters. The van der Waals surface area contributed by atoms with E-state index in [1.807, 2.05) is 0 Å². The van der Waals surface area contributed by atoms with E-state index in [2.05, 4.69) is 21.3 Å². The number of carbonyl (C=O) groups excluding carboxylic acids is 4. The number of amides is 4. The van der Waals surface area contributed by atoms with Gasteiger partial charge in [0.15, 0.2) is 31.5 Å². The Morgan fingerprint density at radius 3 is 1.30 bits per heavy atom. The van der Waals surface area contributed by atoms with Gasteiger partial charge in [-0.1, -0.05) is 0 Å². The third kappa shape index (κ3) is 18.5. The molecule has 0 aromatic rings. The van der Waals surface area contributed by atoms with Gasteiger partial charge < -0.3 is 195 Å². The van der Waals surface area contributed by atoms with Gasteiger partial charge in [-0.15, -0.1) is 0 Å². The summed E-state index contributed by atoms with van der Waals surface area (Å²) in [4.78, 5) is 76.7. The van der Waals surface area contributed by atoms with Gasteiger partial charge in [0.25, 0.3) is 11.6 Å². The zero-order valence-corrected chi connectivity index (χ0v) is 54.5. The van der Waals surface area contributed by atoms with Crippen LogP contribution in [0.4, 0.5) is 0 Å². The van der Waals surface area contributed by atoms with Crippen LogP contribution in [0.5, 0.6) is 0 Å². The highest BCUT2D eigenvalue weighted by Crippen LogP contribution is 2.42. The summed E-state index contributed by atoms with van der Waals surface area (Å²) in [6.07, 6.45) is -69.7. The van der Waals surface area contributed by atoms with Crippen LogP contribution in [0.25, 0.3) is 0 Å². The predicted molar refractivity (Wildman–Crippen MR) is 311 cm³/mol. The first-order valence-corrected chi connectivity index (χ1v) is 31.7. The van der Waals surface area contributed by atoms with Crippen LogP contribution < -0.4 is 21.3 Å². The molecular weight excluding hydrogens is 1380 g/mol. The molecule has 101 heavy (non-hydrogen) atoms. The maximum Gasteiger partial charge on any atom is 0.364 e. The van der Waals surface area contributed by atoms with Gasteiger partial charge in [0, 0.05) is 40.5 Å². The molecule has 7 rings (SSSR count). The van der Waals surface area contributed by atoms with Crippen LogP contribution in [0.15, 0.2) is 0 Å². The second-order valence-electron chi connectivity index (χ2n) is 25.4. The molecule has 7 aliphatic rings. The van der Waals surface area contributed by atoms with Crippen molar-refractivity contribution in [3.63, 3.8) is 0 Å². The molecule has 45 heteroatoms. The van der Waals surface area contributed by atoms with Crippen LogP contribution >= 0.6 is 0 Å². The minimum Gasteiger partial charge on any atom is -0.477 e. The van der Waals surface area contributed by atoms with E-state index in [1.165, 1.54) is 6.92 Å². The number of hydrogen-bond acceptors (Lipinski definition) is 39. The smallest absolute Gasteiger partial charge is 0.364 e. The minimum absolute atomic E-state index is 0.832. The molecule has 0 unspecified atom stereocenters. The van der Waals surface area contributed by atoms with Gasteiger partial charge in [0.1, 0.15) is 152 Å². The summed E-state index contributed by atoms with van der Waals surface area (Å²) in [5.41, 5.74) is 0. The topological polar surface area (TPSA) is 716 Å². The molecule has 0 spiro atoms. The van der Waals surface area contributed by atoms with E-state index in [9.17, 15) is 141 Å². The lowest BCUT2D eigenvalue weighted by atomic mass is 9.88. The van der Waals surface area contributed by atoms with Gasteiger partial charge in [-0.05, 0) is 6.92 Å². The zero-order chi connectivity index (χ0) is 75.3. The first kappa shape index (κ1) is 83.8. The second-order valence-corrected chi connectivity index (χ2v) is 25.4. The zero-order valence-electron chi connectivity index (χ0n) is 54.5. The predicted octanol–water partition coefficient (Wildman–Crippen LogP) is -16.3. The number of aliphatic hydroxyl groups excluding tert-OH is 20. The number of carbonyl (C=O) groups is 6. The highest BCUT2D eigenvalue weighted by atomic mass is 16.8. The van der Waals surface area contributed by atoms with Crippen molar-refractivity contribution in [2.75, 3.05) is 39.6 Å². The van der Waals surface area contributed by atoms with Crippen molar-refractivity contribution in [2.45, 2.75) is 273 Å². The molecule has 582 valence electrons. The Morgan fingerprint density at radius 2 is 0.822 bits per heavy atom. The molecule has 45 nitrogen and oxygen atoms in total. The standard InChI is InChI=1S/C56H92N4O41/c1-14-31(74)37(80)38(81)50(90-14)97-45-30(60-18(5)69)49(94-25(12-65)41(45)95-52-40(83)47(35(78)24(11-64)93-52)101-56(54(87)88)7-20(71)28(58-16(3)67)44(100-56)33(76)22(73)9-62)98-46-34(77)23(10-63)92-51(39(46)82)96-42-29(59-17(4)68)48(84)91-26(36(42)79)13-89-55(53(85)86)6-19(70)27(57-15(2)66)43(99-55)32(75)21(72)8-61/h14,19-52,61-65,70-84H,6-13H2,1-5H3,(H,57,66)(H,58,67)(H,59,68)(H,60,69)(H,85,86)(H,87,88)/t14-,19-,20-,21+,22+,23+,24+,25+,26+,27+,28+,29+,30+,31+,32+,33+,34-,35-,36-,37+,38-,39+,40+,41+,42+,43+,44+,45+,46-,47-,48-,49-,50-,51-,52-,55+,56-/m0/s1. The Bertz CT molecular complexity index is 2760. The van der Waals surface area contributed by atoms with Gasteiger partial charge in [-0.2, -0.15) is 0 Å². The molecule has 0 radical (unpaired) electrons. The number of carboxylic acids is 2. The largest absolute Gasteiger partial charge is 0.477 e. The van der Waals surface area contributed by atoms with E-state index in [4.69, 9.17) is 61.6 Å². The molecular formula is C56H92N4O41. The maximum absolute atomic E-state index is 13.4. The Labute approximate surface area is 571 Å². The highest BCUT2D eigenvalue weighted by molar-refractivity contribution is 5.78. The Balaban J connectivity index is 1.22. The number of carboxylic acid groups (broad SMARTS) is 2. The van der Waals surface area contributed by atoms with Gasteiger partial charge in [0.2, 0.25) is 23.6 Å². The lowest BCUT2D eigenvalue weighted by molar-refractivity contribution is -0.398. The average molecular weight is 1480 g/mol. The molecule has 7 saturated heterocycles. The van der Waals surface area contributed by atoms with Crippen molar-refractivity contribution >= 4 is 35.6 Å². The normalized spacial score (nSPS) is 44.9. The van der Waals surface area contributed by atoms with E-state index in [-0.39, 0.29) is 0 Å². The second kappa shape index (κ2) is 35.3. The maximum atomic E-state index is 13.4. The summed E-state index contributed by atoms with van der Waals surface area (Å²) >= 11 is 0. The monoisotopic (exact) mass is 1480 g/mol. The molecule has 0 aromatic heterocycles. The summed E-state index contributed by atoms with van der Waals surface area (Å²) in [6, 6.07) is -7.41. The fourth-order valence-corrected chi connectivity index (χ4v) is 12.8. The summed E-state index contributed by atoms with van der Waals surface area (Å²) in [7, 11) is 0. The van der Waals surface area contributed by atoms with Gasteiger partial charge in [-0.25, -0.2) is 9.59 Å². The molecule has 0 bridgehead atoms. The number of aliphatic hydroxyl groups is 20. The summed E-state index contributed by atoms with van der Waals surface area (Å²) in [5.74, 6) is -14.3. The summed E-state index contributed by atoms with van der Waals surface area (Å²) in [5, 5.41) is 251. The van der Waals surface area contributed by atoms with Crippen molar-refractivity contribution in [1.82, 2.24) is 21.3 Å². The van der Waals surface area contributed by atoms with Crippen molar-refractivity contribution < 1.29 is 203 Å². The number of rotatable bonds is 28. The molecule has 7 heterocycles. The fourth-order valence-electron chi connectivity index (χ4n) is 12.8. The van der Waals surface area contributed by atoms with E-state index in [1.54, 1.807) is 0 Å². The van der Waals surface area contributed by atoms with Crippen LogP contribution in [-0.4, -0.2) is 413 Å². The molecule has 0 aromatic carbocycles. The quantitative estimate of drug-likeness (QED) is 0.0346. The van der Waals surface area contributed by atoms with Crippen molar-refractivity contribution in [2.24, 2.45) is 0 Å². The van der Waals surface area contributed by atoms with Crippen LogP contribution in [0.1, 0.15) is 47.5 Å². The molecule has 26 N–H and O–H groups in total. The first-order valence-electron chi connectivity index (χ1n) is 31.7. The SMILES string of the molecule is CC(=O)N[C@@H]1[C@@H](O[C@@H]2O[C@H](CO)[C@H](O)[C@H](O[C@@H]3O[C@H](CO)[C@@H](O[C@@H]4O[C@H](CO)[C@H](O)[C@H](O[C@]5(C(=O)O)C[C@H](O)[C@@H](NC(C)=O)[C@H]([C@H](O)[C@H](O)CO)O5)[C@H]4O)[C@H](O[C@@H]4O[C@@H](C)[C@@H](O)[C@@H](O)[C@@H]4O)[C@H]3NC(C)=O)[C@H]2O)[C@@H](O)[C@@H](CO[C@]2(C(=O)O)C[C@H](O)[C@@H](NC(C)=O)[C@H]([C@H](O)[C@H](O)CO)O2)O[C@@H]1O. The van der Waals surface area contributed by atoms with Crippen LogP contribution in [-0.2, 0) is 90.3 Å². The number of hydrogen-bond donors (Lipinski definition) is 26. The number of aliphatic carboxylic acids is 2. The number of nitrogens with one attached hydrogen (secondary N) is 4. The highest BCUT2D eigenvalue weighted by Gasteiger charge is 2.63. The molecule has 4 amide bonds. The fraction of sp³-hybridized carbons (Fsp3) is 0.893. The molecule has 0 aliphatic carbocycles. The lowest BCUT2D eigenvalue weighted by Gasteiger charge is -2.52. The van der Waals surface area contributed by atoms with E-state index in [0.717, 1.165) is 27.7 Å². The first-order chi connectivity index (χ1) is 47.3. The van der Waals surface area contributed by atoms with Crippen molar-refractivity contribution in [3.05, 3.63) is 0 Å². The summed E-state index contributed by atoms with van der Waals surface area (Å²) < 4.78 is 76.3. The van der Waals surface area contributed by atoms with E-state index < -0.39 is 314 Å². The van der Waals surface area contributed by atoms with E-state index >= 15 is 0 Å². The van der Waals surface area contributed by atoms with Crippen LogP contribution in [0.2, 0.25) is 0 Å². The van der Waals surface area contributed by atoms with Crippen molar-refractivity contribution in [1.29, 1.82) is 0 Å². The number of ether oxygens (including phenoxy) is 13. The molecule has 0 saturated carbocycles. The van der Waals surface area contributed by atoms with Gasteiger partial charge >= 0.3 is 11.9 Å². The Hall–Kier alpha value is -4.50. The van der Waals surface area contributed by atoms with Crippen LogP contribution in [0.3, 0.4) is 0 Å². The Morgan fingerprint density at radius 1 is 0.426 bits per heavy atom. The average Bonchev–Trinajstić information content (AvgIpc) is 0.737. The summed E-state index contributed by atoms with van der Waals surface area (Å²) in [6.45, 7) is -2.32. The van der Waals surface area contributed by atoms with Gasteiger partial charge in [0.05, 0.1) is 70.0 Å². The van der Waals surface area contributed by atoms with Crippen molar-refractivity contribution in [3.8, 4) is 0 Å². The minimum atomic E-state index is -3.32. The molecule has 7 fully saturated rings. The Kier molecular flexibility index (Phi) is 29.3. The lowest BCUT2D eigenvalue weighted by Crippen LogP contribution is -2.72.